The molecule has 3 N–H and O–H groups in total. The molecule has 2 aromatic carbocycles. The fourth-order valence-corrected chi connectivity index (χ4v) is 2.70. The lowest BCUT2D eigenvalue weighted by atomic mass is 10.0. The van der Waals surface area contributed by atoms with E-state index in [1.807, 2.05) is 49.4 Å². The van der Waals surface area contributed by atoms with Crippen LogP contribution in [0.1, 0.15) is 24.2 Å². The van der Waals surface area contributed by atoms with Crippen LogP contribution < -0.4 is 10.1 Å². The summed E-state index contributed by atoms with van der Waals surface area (Å²) in [5, 5.41) is 23.2. The Labute approximate surface area is 159 Å². The molecule has 0 aliphatic heterocycles. The van der Waals surface area contributed by atoms with Gasteiger partial charge in [-0.15, -0.1) is 0 Å². The summed E-state index contributed by atoms with van der Waals surface area (Å²) in [5.74, 6) is 0.398. The van der Waals surface area contributed by atoms with Crippen molar-refractivity contribution in [2.24, 2.45) is 0 Å². The number of hydrogen-bond donors (Lipinski definition) is 3. The number of aliphatic hydroxyl groups is 2. The summed E-state index contributed by atoms with van der Waals surface area (Å²) in [6.07, 6.45) is -0.583. The molecule has 2 aromatic rings. The molecule has 0 aromatic heterocycles. The van der Waals surface area contributed by atoms with Crippen molar-refractivity contribution in [1.29, 1.82) is 0 Å². The summed E-state index contributed by atoms with van der Waals surface area (Å²) in [7, 11) is 1.36. The van der Waals surface area contributed by atoms with E-state index in [1.165, 1.54) is 7.11 Å². The van der Waals surface area contributed by atoms with Gasteiger partial charge in [-0.3, -0.25) is 4.79 Å². The largest absolute Gasteiger partial charge is 0.492 e. The molecule has 0 amide bonds. The second kappa shape index (κ2) is 10.7. The van der Waals surface area contributed by atoms with Crippen LogP contribution in [0.3, 0.4) is 0 Å². The van der Waals surface area contributed by atoms with E-state index in [0.29, 0.717) is 12.4 Å². The molecule has 0 heterocycles. The Balaban J connectivity index is 1.83. The Hall–Kier alpha value is -2.41. The summed E-state index contributed by atoms with van der Waals surface area (Å²) in [5.41, 5.74) is 1.60. The standard InChI is InChI=1S/C21H27NO5/c1-15(22-19(13-23)21(25)17-6-4-3-5-7-17)14-27-18-10-8-16(9-11-18)12-20(24)26-2/h3-11,15,19,21-23,25H,12-14H2,1-2H3/t15?,19-,21-/m0/s1. The predicted molar refractivity (Wildman–Crippen MR) is 103 cm³/mol. The third-order valence-corrected chi connectivity index (χ3v) is 4.22. The van der Waals surface area contributed by atoms with E-state index in [2.05, 4.69) is 10.1 Å². The molecule has 2 rings (SSSR count). The van der Waals surface area contributed by atoms with E-state index >= 15 is 0 Å². The maximum absolute atomic E-state index is 11.3. The van der Waals surface area contributed by atoms with Gasteiger partial charge in [0.2, 0.25) is 0 Å². The third kappa shape index (κ3) is 6.67. The first-order valence-electron chi connectivity index (χ1n) is 8.92. The van der Waals surface area contributed by atoms with Crippen molar-refractivity contribution in [1.82, 2.24) is 5.32 Å². The van der Waals surface area contributed by atoms with Gasteiger partial charge in [0.25, 0.3) is 0 Å². The molecule has 146 valence electrons. The quantitative estimate of drug-likeness (QED) is 0.551. The van der Waals surface area contributed by atoms with Crippen LogP contribution in [-0.4, -0.2) is 48.6 Å². The lowest BCUT2D eigenvalue weighted by molar-refractivity contribution is -0.139. The first kappa shape index (κ1) is 20.9. The molecule has 0 radical (unpaired) electrons. The lowest BCUT2D eigenvalue weighted by Crippen LogP contribution is -2.45. The molecular formula is C21H27NO5. The SMILES string of the molecule is COC(=O)Cc1ccc(OCC(C)N[C@@H](CO)[C@@H](O)c2ccccc2)cc1. The number of esters is 1. The maximum atomic E-state index is 11.3. The number of carbonyl (C=O) groups is 1. The third-order valence-electron chi connectivity index (χ3n) is 4.22. The monoisotopic (exact) mass is 373 g/mol. The van der Waals surface area contributed by atoms with Crippen molar-refractivity contribution in [3.63, 3.8) is 0 Å². The summed E-state index contributed by atoms with van der Waals surface area (Å²) < 4.78 is 10.4. The van der Waals surface area contributed by atoms with E-state index in [0.717, 1.165) is 11.1 Å². The van der Waals surface area contributed by atoms with E-state index in [-0.39, 0.29) is 25.0 Å². The first-order chi connectivity index (χ1) is 13.0. The van der Waals surface area contributed by atoms with E-state index in [4.69, 9.17) is 4.74 Å². The number of rotatable bonds is 10. The highest BCUT2D eigenvalue weighted by Crippen LogP contribution is 2.17. The number of methoxy groups -OCH3 is 1. The summed E-state index contributed by atoms with van der Waals surface area (Å²) in [4.78, 5) is 11.3. The molecule has 1 unspecified atom stereocenters. The molecule has 0 aliphatic rings. The second-order valence-corrected chi connectivity index (χ2v) is 6.42. The highest BCUT2D eigenvalue weighted by atomic mass is 16.5. The fourth-order valence-electron chi connectivity index (χ4n) is 2.70. The van der Waals surface area contributed by atoms with Crippen LogP contribution in [0, 0.1) is 0 Å². The number of carbonyl (C=O) groups excluding carboxylic acids is 1. The number of aliphatic hydroxyl groups excluding tert-OH is 2. The van der Waals surface area contributed by atoms with E-state index in [9.17, 15) is 15.0 Å². The molecular weight excluding hydrogens is 346 g/mol. The van der Waals surface area contributed by atoms with Crippen molar-refractivity contribution in [3.8, 4) is 5.75 Å². The predicted octanol–water partition coefficient (Wildman–Crippen LogP) is 1.85. The minimum atomic E-state index is -0.809. The zero-order chi connectivity index (χ0) is 19.6. The Morgan fingerprint density at radius 1 is 1.11 bits per heavy atom. The molecule has 0 saturated carbocycles. The van der Waals surface area contributed by atoms with E-state index in [1.54, 1.807) is 12.1 Å². The van der Waals surface area contributed by atoms with Gasteiger partial charge in [0, 0.05) is 6.04 Å². The minimum Gasteiger partial charge on any atom is -0.492 e. The average Bonchev–Trinajstić information content (AvgIpc) is 2.71. The van der Waals surface area contributed by atoms with Gasteiger partial charge in [-0.1, -0.05) is 42.5 Å². The average molecular weight is 373 g/mol. The van der Waals surface area contributed by atoms with Crippen molar-refractivity contribution >= 4 is 5.97 Å². The minimum absolute atomic E-state index is 0.0877. The number of benzene rings is 2. The highest BCUT2D eigenvalue weighted by molar-refractivity contribution is 5.72. The smallest absolute Gasteiger partial charge is 0.309 e. The molecule has 27 heavy (non-hydrogen) atoms. The van der Waals surface area contributed by atoms with Crippen LogP contribution in [0.25, 0.3) is 0 Å². The second-order valence-electron chi connectivity index (χ2n) is 6.42. The van der Waals surface area contributed by atoms with Gasteiger partial charge in [0.1, 0.15) is 12.4 Å². The lowest BCUT2D eigenvalue weighted by Gasteiger charge is -2.26. The molecule has 0 saturated heterocycles. The van der Waals surface area contributed by atoms with Crippen molar-refractivity contribution < 1.29 is 24.5 Å². The zero-order valence-electron chi connectivity index (χ0n) is 15.7. The molecule has 3 atom stereocenters. The topological polar surface area (TPSA) is 88.0 Å². The first-order valence-corrected chi connectivity index (χ1v) is 8.92. The normalized spacial score (nSPS) is 14.2. The molecule has 0 spiro atoms. The van der Waals surface area contributed by atoms with Gasteiger partial charge in [0.05, 0.1) is 32.3 Å². The van der Waals surface area contributed by atoms with Crippen LogP contribution in [0.5, 0.6) is 5.75 Å². The molecule has 6 heteroatoms. The van der Waals surface area contributed by atoms with Crippen molar-refractivity contribution in [2.75, 3.05) is 20.3 Å². The Kier molecular flexibility index (Phi) is 8.26. The Morgan fingerprint density at radius 2 is 1.78 bits per heavy atom. The maximum Gasteiger partial charge on any atom is 0.309 e. The molecule has 0 aliphatic carbocycles. The Bertz CT molecular complexity index is 689. The molecule has 6 nitrogen and oxygen atoms in total. The molecule has 0 fully saturated rings. The summed E-state index contributed by atoms with van der Waals surface area (Å²) >= 11 is 0. The summed E-state index contributed by atoms with van der Waals surface area (Å²) in [6.45, 7) is 2.10. The van der Waals surface area contributed by atoms with Crippen molar-refractivity contribution in [3.05, 3.63) is 65.7 Å². The number of nitrogens with one attached hydrogen (secondary N) is 1. The highest BCUT2D eigenvalue weighted by Gasteiger charge is 2.21. The van der Waals surface area contributed by atoms with E-state index < -0.39 is 12.1 Å². The number of ether oxygens (including phenoxy) is 2. The van der Waals surface area contributed by atoms with Crippen LogP contribution in [-0.2, 0) is 16.0 Å². The van der Waals surface area contributed by atoms with Gasteiger partial charge in [-0.2, -0.15) is 0 Å². The zero-order valence-corrected chi connectivity index (χ0v) is 15.7. The van der Waals surface area contributed by atoms with Crippen LogP contribution in [0.2, 0.25) is 0 Å². The Morgan fingerprint density at radius 3 is 2.37 bits per heavy atom. The van der Waals surface area contributed by atoms with Gasteiger partial charge < -0.3 is 25.0 Å². The summed E-state index contributed by atoms with van der Waals surface area (Å²) in [6, 6.07) is 15.9. The van der Waals surface area contributed by atoms with Gasteiger partial charge in [-0.25, -0.2) is 0 Å². The van der Waals surface area contributed by atoms with Gasteiger partial charge >= 0.3 is 5.97 Å². The van der Waals surface area contributed by atoms with Gasteiger partial charge in [-0.05, 0) is 30.2 Å². The van der Waals surface area contributed by atoms with Crippen molar-refractivity contribution in [2.45, 2.75) is 31.5 Å². The fraction of sp³-hybridized carbons (Fsp3) is 0.381. The van der Waals surface area contributed by atoms with Crippen LogP contribution in [0.4, 0.5) is 0 Å². The van der Waals surface area contributed by atoms with Gasteiger partial charge in [0.15, 0.2) is 0 Å². The molecule has 0 bridgehead atoms. The van der Waals surface area contributed by atoms with Crippen LogP contribution in [0.15, 0.2) is 54.6 Å². The number of hydrogen-bond acceptors (Lipinski definition) is 6. The van der Waals surface area contributed by atoms with Crippen LogP contribution >= 0.6 is 0 Å².